The van der Waals surface area contributed by atoms with Gasteiger partial charge in [0.1, 0.15) is 23.3 Å². The molecule has 35 heavy (non-hydrogen) atoms. The van der Waals surface area contributed by atoms with Crippen molar-refractivity contribution in [1.82, 2.24) is 25.2 Å². The molecule has 10 heteroatoms. The van der Waals surface area contributed by atoms with Crippen LogP contribution in [0.4, 0.5) is 4.39 Å². The van der Waals surface area contributed by atoms with Gasteiger partial charge in [-0.25, -0.2) is 14.4 Å². The highest BCUT2D eigenvalue weighted by molar-refractivity contribution is 6.08. The Morgan fingerprint density at radius 2 is 2.06 bits per heavy atom. The Hall–Kier alpha value is -3.69. The molecule has 1 aromatic carbocycles. The maximum absolute atomic E-state index is 14.7. The topological polar surface area (TPSA) is 109 Å². The lowest BCUT2D eigenvalue weighted by molar-refractivity contribution is -0.130. The Balaban J connectivity index is 1.45. The van der Waals surface area contributed by atoms with E-state index in [1.54, 1.807) is 11.1 Å². The number of methoxy groups -OCH3 is 1. The first-order chi connectivity index (χ1) is 16.9. The predicted molar refractivity (Wildman–Crippen MR) is 127 cm³/mol. The van der Waals surface area contributed by atoms with E-state index in [1.165, 1.54) is 32.5 Å². The first kappa shape index (κ1) is 23.1. The van der Waals surface area contributed by atoms with E-state index in [9.17, 15) is 14.0 Å². The second kappa shape index (κ2) is 9.52. The standard InChI is InChI=1S/C25H28FN5O4/c1-14(32)31-7-3-4-16(11-31)30-25(33)18-10-27-24-22(28-13-29-23(18)24)17-8-19(26)21(34-2)9-20(17)35-12-15-5-6-15/h8-10,13,15-16,27H,3-7,11-12H2,1-2H3,(H,30,33)/t16-/m0/s1. The number of hydrogen-bond acceptors (Lipinski definition) is 6. The van der Waals surface area contributed by atoms with Crippen molar-refractivity contribution in [1.29, 1.82) is 0 Å². The first-order valence-electron chi connectivity index (χ1n) is 11.8. The van der Waals surface area contributed by atoms with E-state index in [-0.39, 0.29) is 23.6 Å². The molecule has 3 heterocycles. The van der Waals surface area contributed by atoms with Gasteiger partial charge in [0.15, 0.2) is 11.6 Å². The van der Waals surface area contributed by atoms with Crippen molar-refractivity contribution in [3.63, 3.8) is 0 Å². The van der Waals surface area contributed by atoms with Gasteiger partial charge in [-0.2, -0.15) is 0 Å². The molecule has 0 bridgehead atoms. The van der Waals surface area contributed by atoms with Gasteiger partial charge < -0.3 is 24.7 Å². The maximum atomic E-state index is 14.7. The molecule has 184 valence electrons. The number of hydrogen-bond donors (Lipinski definition) is 2. The summed E-state index contributed by atoms with van der Waals surface area (Å²) in [5.41, 5.74) is 2.18. The second-order valence-electron chi connectivity index (χ2n) is 9.16. The van der Waals surface area contributed by atoms with Gasteiger partial charge in [-0.1, -0.05) is 0 Å². The summed E-state index contributed by atoms with van der Waals surface area (Å²) in [4.78, 5) is 38.4. The molecule has 1 saturated carbocycles. The zero-order valence-electron chi connectivity index (χ0n) is 19.8. The van der Waals surface area contributed by atoms with Crippen LogP contribution >= 0.6 is 0 Å². The van der Waals surface area contributed by atoms with Crippen molar-refractivity contribution in [3.05, 3.63) is 36.0 Å². The number of aromatic nitrogens is 3. The maximum Gasteiger partial charge on any atom is 0.255 e. The summed E-state index contributed by atoms with van der Waals surface area (Å²) in [5.74, 6) is 0.224. The van der Waals surface area contributed by atoms with E-state index < -0.39 is 5.82 Å². The number of H-pyrrole nitrogens is 1. The minimum atomic E-state index is -0.537. The van der Waals surface area contributed by atoms with Gasteiger partial charge in [-0.3, -0.25) is 9.59 Å². The molecular weight excluding hydrogens is 453 g/mol. The van der Waals surface area contributed by atoms with Crippen LogP contribution in [0.1, 0.15) is 43.0 Å². The van der Waals surface area contributed by atoms with E-state index in [2.05, 4.69) is 20.3 Å². The highest BCUT2D eigenvalue weighted by atomic mass is 19.1. The van der Waals surface area contributed by atoms with Crippen LogP contribution in [0.5, 0.6) is 11.5 Å². The summed E-state index contributed by atoms with van der Waals surface area (Å²) >= 11 is 0. The Kier molecular flexibility index (Phi) is 6.27. The van der Waals surface area contributed by atoms with Gasteiger partial charge in [-0.05, 0) is 37.7 Å². The number of carbonyl (C=O) groups excluding carboxylic acids is 2. The average Bonchev–Trinajstić information content (AvgIpc) is 3.58. The predicted octanol–water partition coefficient (Wildman–Crippen LogP) is 3.30. The summed E-state index contributed by atoms with van der Waals surface area (Å²) in [6.07, 6.45) is 6.79. The van der Waals surface area contributed by atoms with Crippen LogP contribution in [0.15, 0.2) is 24.7 Å². The summed E-state index contributed by atoms with van der Waals surface area (Å²) in [7, 11) is 1.41. The molecule has 2 aliphatic rings. The normalized spacial score (nSPS) is 17.9. The van der Waals surface area contributed by atoms with Crippen LogP contribution in [0, 0.1) is 11.7 Å². The Labute approximate surface area is 202 Å². The molecule has 9 nitrogen and oxygen atoms in total. The van der Waals surface area contributed by atoms with Gasteiger partial charge >= 0.3 is 0 Å². The minimum absolute atomic E-state index is 0.000131. The average molecular weight is 482 g/mol. The molecule has 1 aliphatic carbocycles. The molecule has 5 rings (SSSR count). The SMILES string of the molecule is COc1cc(OCC2CC2)c(-c2ncnc3c(C(=O)N[C@H]4CCCN(C(C)=O)C4)c[nH]c23)cc1F. The molecule has 2 fully saturated rings. The molecule has 0 unspecified atom stereocenters. The fourth-order valence-corrected chi connectivity index (χ4v) is 4.45. The first-order valence-corrected chi connectivity index (χ1v) is 11.8. The molecule has 2 N–H and O–H groups in total. The Morgan fingerprint density at radius 3 is 2.80 bits per heavy atom. The van der Waals surface area contributed by atoms with E-state index >= 15 is 0 Å². The van der Waals surface area contributed by atoms with Crippen LogP contribution in [-0.4, -0.2) is 64.5 Å². The quantitative estimate of drug-likeness (QED) is 0.536. The van der Waals surface area contributed by atoms with Crippen molar-refractivity contribution >= 4 is 22.8 Å². The van der Waals surface area contributed by atoms with Crippen molar-refractivity contribution in [2.45, 2.75) is 38.6 Å². The summed E-state index contributed by atoms with van der Waals surface area (Å²) in [6, 6.07) is 2.73. The van der Waals surface area contributed by atoms with Crippen LogP contribution in [0.2, 0.25) is 0 Å². The highest BCUT2D eigenvalue weighted by Gasteiger charge is 2.27. The van der Waals surface area contributed by atoms with Crippen LogP contribution in [0.25, 0.3) is 22.3 Å². The molecule has 3 aromatic rings. The van der Waals surface area contributed by atoms with Crippen molar-refractivity contribution < 1.29 is 23.5 Å². The lowest BCUT2D eigenvalue weighted by atomic mass is 10.0. The summed E-state index contributed by atoms with van der Waals surface area (Å²) in [6.45, 7) is 3.26. The highest BCUT2D eigenvalue weighted by Crippen LogP contribution is 2.39. The largest absolute Gasteiger partial charge is 0.494 e. The molecule has 1 atom stereocenters. The number of amides is 2. The number of fused-ring (bicyclic) bond motifs is 1. The van der Waals surface area contributed by atoms with Crippen LogP contribution < -0.4 is 14.8 Å². The lowest BCUT2D eigenvalue weighted by Crippen LogP contribution is -2.49. The third-order valence-electron chi connectivity index (χ3n) is 6.59. The summed E-state index contributed by atoms with van der Waals surface area (Å²) < 4.78 is 25.8. The monoisotopic (exact) mass is 481 g/mol. The van der Waals surface area contributed by atoms with E-state index in [0.717, 1.165) is 25.7 Å². The molecule has 0 spiro atoms. The van der Waals surface area contributed by atoms with Crippen molar-refractivity contribution in [2.75, 3.05) is 26.8 Å². The molecule has 2 aromatic heterocycles. The number of likely N-dealkylation sites (tertiary alicyclic amines) is 1. The fraction of sp³-hybridized carbons (Fsp3) is 0.440. The van der Waals surface area contributed by atoms with Crippen molar-refractivity contribution in [2.24, 2.45) is 5.92 Å². The number of piperidine rings is 1. The molecule has 2 amide bonds. The number of rotatable bonds is 7. The van der Waals surface area contributed by atoms with Crippen molar-refractivity contribution in [3.8, 4) is 22.8 Å². The Bertz CT molecular complexity index is 1270. The number of benzene rings is 1. The third-order valence-corrected chi connectivity index (χ3v) is 6.59. The zero-order chi connectivity index (χ0) is 24.5. The second-order valence-corrected chi connectivity index (χ2v) is 9.16. The van der Waals surface area contributed by atoms with Gasteiger partial charge in [0.25, 0.3) is 5.91 Å². The van der Waals surface area contributed by atoms with E-state index in [1.807, 2.05) is 0 Å². The minimum Gasteiger partial charge on any atom is -0.494 e. The number of halogens is 1. The third kappa shape index (κ3) is 4.78. The van der Waals surface area contributed by atoms with Gasteiger partial charge in [-0.15, -0.1) is 0 Å². The summed E-state index contributed by atoms with van der Waals surface area (Å²) in [5, 5.41) is 3.02. The van der Waals surface area contributed by atoms with Gasteiger partial charge in [0.05, 0.1) is 24.8 Å². The zero-order valence-corrected chi connectivity index (χ0v) is 19.8. The number of ether oxygens (including phenoxy) is 2. The molecule has 0 radical (unpaired) electrons. The number of nitrogens with one attached hydrogen (secondary N) is 2. The van der Waals surface area contributed by atoms with Crippen LogP contribution in [0.3, 0.4) is 0 Å². The van der Waals surface area contributed by atoms with E-state index in [0.29, 0.717) is 59.2 Å². The smallest absolute Gasteiger partial charge is 0.255 e. The number of carbonyl (C=O) groups is 2. The number of nitrogens with zero attached hydrogens (tertiary/aromatic N) is 3. The number of aromatic amines is 1. The Morgan fingerprint density at radius 1 is 1.23 bits per heavy atom. The molecule has 1 saturated heterocycles. The molecular formula is C25H28FN5O4. The lowest BCUT2D eigenvalue weighted by Gasteiger charge is -2.32. The van der Waals surface area contributed by atoms with Crippen LogP contribution in [-0.2, 0) is 4.79 Å². The van der Waals surface area contributed by atoms with E-state index in [4.69, 9.17) is 9.47 Å². The molecule has 1 aliphatic heterocycles. The van der Waals surface area contributed by atoms with Gasteiger partial charge in [0.2, 0.25) is 5.91 Å². The van der Waals surface area contributed by atoms with Gasteiger partial charge in [0, 0.05) is 43.9 Å². The fourth-order valence-electron chi connectivity index (χ4n) is 4.45.